The highest BCUT2D eigenvalue weighted by molar-refractivity contribution is 7.89. The SMILES string of the molecule is CC(C)CC(=O)Nc1cccc(CNC(=O)c2cccc(S(=O)(=O)NCc3ccccc3)c2)c1. The molecule has 0 radical (unpaired) electrons. The summed E-state index contributed by atoms with van der Waals surface area (Å²) in [7, 11) is -3.78. The maximum absolute atomic E-state index is 12.7. The van der Waals surface area contributed by atoms with E-state index in [2.05, 4.69) is 15.4 Å². The van der Waals surface area contributed by atoms with Crippen molar-refractivity contribution in [3.05, 3.63) is 95.6 Å². The lowest BCUT2D eigenvalue weighted by Crippen LogP contribution is -2.25. The molecule has 0 fully saturated rings. The van der Waals surface area contributed by atoms with Crippen molar-refractivity contribution in [3.63, 3.8) is 0 Å². The van der Waals surface area contributed by atoms with Crippen LogP contribution in [-0.2, 0) is 27.9 Å². The van der Waals surface area contributed by atoms with Crippen LogP contribution in [0.5, 0.6) is 0 Å². The van der Waals surface area contributed by atoms with Gasteiger partial charge in [-0.1, -0.05) is 62.4 Å². The smallest absolute Gasteiger partial charge is 0.251 e. The quantitative estimate of drug-likeness (QED) is 0.408. The van der Waals surface area contributed by atoms with Crippen LogP contribution >= 0.6 is 0 Å². The third kappa shape index (κ3) is 7.54. The summed E-state index contributed by atoms with van der Waals surface area (Å²) in [6.07, 6.45) is 0.431. The van der Waals surface area contributed by atoms with E-state index >= 15 is 0 Å². The predicted octanol–water partition coefficient (Wildman–Crippen LogP) is 4.08. The first-order chi connectivity index (χ1) is 16.2. The zero-order valence-corrected chi connectivity index (χ0v) is 20.1. The molecular formula is C26H29N3O4S. The fourth-order valence-corrected chi connectivity index (χ4v) is 4.35. The summed E-state index contributed by atoms with van der Waals surface area (Å²) in [6, 6.07) is 22.3. The van der Waals surface area contributed by atoms with E-state index in [9.17, 15) is 18.0 Å². The molecule has 0 saturated heterocycles. The number of nitrogens with one attached hydrogen (secondary N) is 3. The van der Waals surface area contributed by atoms with E-state index in [0.717, 1.165) is 11.1 Å². The van der Waals surface area contributed by atoms with Gasteiger partial charge in [-0.25, -0.2) is 13.1 Å². The van der Waals surface area contributed by atoms with Crippen molar-refractivity contribution in [3.8, 4) is 0 Å². The highest BCUT2D eigenvalue weighted by Crippen LogP contribution is 2.14. The Morgan fingerprint density at radius 3 is 2.26 bits per heavy atom. The van der Waals surface area contributed by atoms with Crippen LogP contribution in [0.3, 0.4) is 0 Å². The molecule has 0 aliphatic rings. The van der Waals surface area contributed by atoms with Crippen molar-refractivity contribution >= 4 is 27.5 Å². The summed E-state index contributed by atoms with van der Waals surface area (Å²) in [5, 5.41) is 5.65. The largest absolute Gasteiger partial charge is 0.348 e. The standard InChI is InChI=1S/C26H29N3O4S/c1-19(2)14-25(30)29-23-12-6-10-21(15-23)17-27-26(31)22-11-7-13-24(16-22)34(32,33)28-18-20-8-4-3-5-9-20/h3-13,15-16,19,28H,14,17-18H2,1-2H3,(H,27,31)(H,29,30). The Morgan fingerprint density at radius 2 is 1.53 bits per heavy atom. The van der Waals surface area contributed by atoms with Gasteiger partial charge in [0.1, 0.15) is 0 Å². The number of sulfonamides is 1. The van der Waals surface area contributed by atoms with Gasteiger partial charge in [-0.3, -0.25) is 9.59 Å². The van der Waals surface area contributed by atoms with Gasteiger partial charge < -0.3 is 10.6 Å². The molecular weight excluding hydrogens is 450 g/mol. The summed E-state index contributed by atoms with van der Waals surface area (Å²) in [5.74, 6) is -0.194. The van der Waals surface area contributed by atoms with E-state index in [1.54, 1.807) is 24.3 Å². The topological polar surface area (TPSA) is 104 Å². The Labute approximate surface area is 200 Å². The molecule has 34 heavy (non-hydrogen) atoms. The average molecular weight is 480 g/mol. The van der Waals surface area contributed by atoms with Crippen LogP contribution in [0.1, 0.15) is 41.8 Å². The molecule has 8 heteroatoms. The molecule has 3 rings (SSSR count). The molecule has 0 aromatic heterocycles. The number of carbonyl (C=O) groups excluding carboxylic acids is 2. The van der Waals surface area contributed by atoms with Crippen LogP contribution in [0.4, 0.5) is 5.69 Å². The summed E-state index contributed by atoms with van der Waals surface area (Å²) in [6.45, 7) is 4.34. The van der Waals surface area contributed by atoms with Gasteiger partial charge in [0.05, 0.1) is 4.90 Å². The van der Waals surface area contributed by atoms with Gasteiger partial charge in [0, 0.05) is 30.8 Å². The van der Waals surface area contributed by atoms with E-state index in [0.29, 0.717) is 12.1 Å². The molecule has 0 aliphatic carbocycles. The van der Waals surface area contributed by atoms with Crippen molar-refractivity contribution in [2.75, 3.05) is 5.32 Å². The van der Waals surface area contributed by atoms with E-state index in [-0.39, 0.29) is 35.4 Å². The molecule has 3 N–H and O–H groups in total. The molecule has 0 heterocycles. The van der Waals surface area contributed by atoms with Crippen LogP contribution in [0, 0.1) is 5.92 Å². The summed E-state index contributed by atoms with van der Waals surface area (Å²) < 4.78 is 27.9. The van der Waals surface area contributed by atoms with Gasteiger partial charge in [0.2, 0.25) is 15.9 Å². The lowest BCUT2D eigenvalue weighted by atomic mass is 10.1. The molecule has 0 spiro atoms. The van der Waals surface area contributed by atoms with E-state index in [1.807, 2.05) is 50.2 Å². The van der Waals surface area contributed by atoms with Gasteiger partial charge in [-0.2, -0.15) is 0 Å². The lowest BCUT2D eigenvalue weighted by molar-refractivity contribution is -0.116. The first-order valence-electron chi connectivity index (χ1n) is 11.0. The highest BCUT2D eigenvalue weighted by Gasteiger charge is 2.16. The maximum atomic E-state index is 12.7. The molecule has 2 amide bonds. The fourth-order valence-electron chi connectivity index (χ4n) is 3.29. The number of hydrogen-bond acceptors (Lipinski definition) is 4. The lowest BCUT2D eigenvalue weighted by Gasteiger charge is -2.11. The fraction of sp³-hybridized carbons (Fsp3) is 0.231. The van der Waals surface area contributed by atoms with Gasteiger partial charge in [-0.15, -0.1) is 0 Å². The Kier molecular flexibility index (Phi) is 8.56. The van der Waals surface area contributed by atoms with Crippen LogP contribution in [-0.4, -0.2) is 20.2 Å². The molecule has 0 aliphatic heterocycles. The number of rotatable bonds is 10. The van der Waals surface area contributed by atoms with E-state index in [4.69, 9.17) is 0 Å². The van der Waals surface area contributed by atoms with Crippen molar-refractivity contribution in [2.24, 2.45) is 5.92 Å². The van der Waals surface area contributed by atoms with Gasteiger partial charge in [-0.05, 0) is 47.4 Å². The molecule has 0 saturated carbocycles. The summed E-state index contributed by atoms with van der Waals surface area (Å²) >= 11 is 0. The molecule has 3 aromatic carbocycles. The van der Waals surface area contributed by atoms with Crippen molar-refractivity contribution in [1.29, 1.82) is 0 Å². The maximum Gasteiger partial charge on any atom is 0.251 e. The second-order valence-electron chi connectivity index (χ2n) is 8.37. The average Bonchev–Trinajstić information content (AvgIpc) is 2.82. The molecule has 0 unspecified atom stereocenters. The Hall–Kier alpha value is -3.49. The second kappa shape index (κ2) is 11.6. The third-order valence-electron chi connectivity index (χ3n) is 4.97. The number of carbonyl (C=O) groups is 2. The van der Waals surface area contributed by atoms with Crippen molar-refractivity contribution in [1.82, 2.24) is 10.0 Å². The second-order valence-corrected chi connectivity index (χ2v) is 10.1. The Balaban J connectivity index is 1.61. The summed E-state index contributed by atoms with van der Waals surface area (Å²) in [4.78, 5) is 24.7. The van der Waals surface area contributed by atoms with Crippen molar-refractivity contribution < 1.29 is 18.0 Å². The first kappa shape index (κ1) is 25.1. The monoisotopic (exact) mass is 479 g/mol. The molecule has 3 aromatic rings. The van der Waals surface area contributed by atoms with Gasteiger partial charge >= 0.3 is 0 Å². The van der Waals surface area contributed by atoms with E-state index in [1.165, 1.54) is 18.2 Å². The normalized spacial score (nSPS) is 11.3. The van der Waals surface area contributed by atoms with E-state index < -0.39 is 15.9 Å². The minimum atomic E-state index is -3.78. The zero-order chi connectivity index (χ0) is 24.6. The highest BCUT2D eigenvalue weighted by atomic mass is 32.2. The van der Waals surface area contributed by atoms with Crippen LogP contribution in [0.25, 0.3) is 0 Å². The molecule has 0 atom stereocenters. The molecule has 7 nitrogen and oxygen atoms in total. The summed E-state index contributed by atoms with van der Waals surface area (Å²) in [5.41, 5.74) is 2.55. The van der Waals surface area contributed by atoms with Crippen LogP contribution in [0.2, 0.25) is 0 Å². The Morgan fingerprint density at radius 1 is 0.824 bits per heavy atom. The zero-order valence-electron chi connectivity index (χ0n) is 19.2. The van der Waals surface area contributed by atoms with Gasteiger partial charge in [0.15, 0.2) is 0 Å². The predicted molar refractivity (Wildman–Crippen MR) is 133 cm³/mol. The molecule has 0 bridgehead atoms. The number of anilines is 1. The number of benzene rings is 3. The van der Waals surface area contributed by atoms with Crippen LogP contribution < -0.4 is 15.4 Å². The molecule has 178 valence electrons. The van der Waals surface area contributed by atoms with Crippen molar-refractivity contribution in [2.45, 2.75) is 38.3 Å². The Bertz CT molecular complexity index is 1240. The number of hydrogen-bond donors (Lipinski definition) is 3. The first-order valence-corrected chi connectivity index (χ1v) is 12.5. The number of amides is 2. The van der Waals surface area contributed by atoms with Crippen LogP contribution in [0.15, 0.2) is 83.8 Å². The van der Waals surface area contributed by atoms with Gasteiger partial charge in [0.25, 0.3) is 5.91 Å². The minimum Gasteiger partial charge on any atom is -0.348 e. The third-order valence-corrected chi connectivity index (χ3v) is 6.37. The minimum absolute atomic E-state index is 0.0194.